The molecule has 3 heterocycles. The second kappa shape index (κ2) is 7.43. The Morgan fingerprint density at radius 2 is 2.16 bits per heavy atom. The van der Waals surface area contributed by atoms with Gasteiger partial charge in [0.15, 0.2) is 0 Å². The molecule has 140 valence electrons. The Kier molecular flexibility index (Phi) is 5.45. The highest BCUT2D eigenvalue weighted by Gasteiger charge is 2.26. The molecule has 0 amide bonds. The lowest BCUT2D eigenvalue weighted by Gasteiger charge is -2.31. The van der Waals surface area contributed by atoms with Gasteiger partial charge in [0.2, 0.25) is 16.0 Å². The molecule has 2 N–H and O–H groups in total. The Morgan fingerprint density at radius 3 is 2.88 bits per heavy atom. The molecule has 1 fully saturated rings. The zero-order chi connectivity index (χ0) is 18.0. The molecule has 1 aromatic heterocycles. The Morgan fingerprint density at radius 1 is 1.36 bits per heavy atom. The number of rotatable bonds is 5. The van der Waals surface area contributed by atoms with Crippen LogP contribution in [0.25, 0.3) is 0 Å². The number of aromatic nitrogens is 2. The molecule has 0 spiro atoms. The van der Waals surface area contributed by atoms with Crippen molar-refractivity contribution in [3.05, 3.63) is 11.3 Å². The summed E-state index contributed by atoms with van der Waals surface area (Å²) in [6.45, 7) is 3.64. The number of nitrogens with zero attached hydrogens (tertiary/aromatic N) is 4. The van der Waals surface area contributed by atoms with Crippen LogP contribution in [0.15, 0.2) is 0 Å². The fourth-order valence-corrected chi connectivity index (χ4v) is 4.37. The van der Waals surface area contributed by atoms with Gasteiger partial charge in [-0.3, -0.25) is 0 Å². The first kappa shape index (κ1) is 18.3. The molecule has 0 aliphatic carbocycles. The number of hydrogen-bond donors (Lipinski definition) is 2. The normalized spacial score (nSPS) is 21.6. The monoisotopic (exact) mass is 368 g/mol. The molecule has 1 aromatic rings. The zero-order valence-electron chi connectivity index (χ0n) is 15.2. The number of sulfonamides is 1. The summed E-state index contributed by atoms with van der Waals surface area (Å²) in [5.41, 5.74) is 2.23. The minimum absolute atomic E-state index is 0.304. The first-order valence-electron chi connectivity index (χ1n) is 8.81. The van der Waals surface area contributed by atoms with E-state index in [1.165, 1.54) is 11.8 Å². The molecular formula is C16H28N6O2S. The predicted molar refractivity (Wildman–Crippen MR) is 99.4 cm³/mol. The van der Waals surface area contributed by atoms with Crippen molar-refractivity contribution in [1.82, 2.24) is 19.6 Å². The smallest absolute Gasteiger partial charge is 0.227 e. The number of anilines is 2. The van der Waals surface area contributed by atoms with Crippen molar-refractivity contribution < 1.29 is 8.42 Å². The van der Waals surface area contributed by atoms with E-state index in [4.69, 9.17) is 0 Å². The van der Waals surface area contributed by atoms with Gasteiger partial charge in [0.05, 0.1) is 11.9 Å². The van der Waals surface area contributed by atoms with Crippen LogP contribution in [0, 0.1) is 5.92 Å². The van der Waals surface area contributed by atoms with Crippen molar-refractivity contribution in [2.45, 2.75) is 25.8 Å². The van der Waals surface area contributed by atoms with E-state index in [2.05, 4.69) is 20.6 Å². The predicted octanol–water partition coefficient (Wildman–Crippen LogP) is 0.272. The van der Waals surface area contributed by atoms with E-state index in [0.29, 0.717) is 25.0 Å². The third kappa shape index (κ3) is 4.39. The van der Waals surface area contributed by atoms with Gasteiger partial charge < -0.3 is 15.5 Å². The number of nitrogens with one attached hydrogen (secondary N) is 2. The number of fused-ring (bicyclic) bond motifs is 1. The van der Waals surface area contributed by atoms with Crippen LogP contribution < -0.4 is 15.5 Å². The summed E-state index contributed by atoms with van der Waals surface area (Å²) in [7, 11) is 0.766. The molecule has 2 aliphatic heterocycles. The van der Waals surface area contributed by atoms with E-state index >= 15 is 0 Å². The highest BCUT2D eigenvalue weighted by molar-refractivity contribution is 7.88. The Hall–Kier alpha value is -1.45. The quantitative estimate of drug-likeness (QED) is 0.771. The van der Waals surface area contributed by atoms with Gasteiger partial charge in [-0.15, -0.1) is 0 Å². The van der Waals surface area contributed by atoms with Crippen molar-refractivity contribution in [2.24, 2.45) is 5.92 Å². The largest absolute Gasteiger partial charge is 0.369 e. The molecular weight excluding hydrogens is 340 g/mol. The molecule has 0 aromatic carbocycles. The minimum Gasteiger partial charge on any atom is -0.369 e. The van der Waals surface area contributed by atoms with E-state index in [1.807, 2.05) is 19.0 Å². The molecule has 9 heteroatoms. The zero-order valence-corrected chi connectivity index (χ0v) is 16.1. The number of piperidine rings is 1. The standard InChI is InChI=1S/C16H28N6O2S/c1-21(2)16-19-14-10-17-7-6-13(14)15(20-16)18-9-12-5-4-8-22(11-12)25(3,23)24/h12,17H,4-11H2,1-3H3,(H,18,19,20)/t12-/m0/s1. The highest BCUT2D eigenvalue weighted by Crippen LogP contribution is 2.24. The minimum atomic E-state index is -3.11. The summed E-state index contributed by atoms with van der Waals surface area (Å²) in [4.78, 5) is 11.2. The Bertz CT molecular complexity index is 722. The van der Waals surface area contributed by atoms with Gasteiger partial charge in [0.25, 0.3) is 0 Å². The van der Waals surface area contributed by atoms with Gasteiger partial charge in [-0.05, 0) is 31.7 Å². The van der Waals surface area contributed by atoms with Crippen molar-refractivity contribution >= 4 is 21.8 Å². The summed E-state index contributed by atoms with van der Waals surface area (Å²) >= 11 is 0. The Balaban J connectivity index is 1.73. The molecule has 25 heavy (non-hydrogen) atoms. The molecule has 8 nitrogen and oxygen atoms in total. The molecule has 0 unspecified atom stereocenters. The summed E-state index contributed by atoms with van der Waals surface area (Å²) < 4.78 is 25.2. The van der Waals surface area contributed by atoms with Crippen molar-refractivity contribution in [1.29, 1.82) is 0 Å². The summed E-state index contributed by atoms with van der Waals surface area (Å²) in [6, 6.07) is 0. The van der Waals surface area contributed by atoms with Gasteiger partial charge in [-0.2, -0.15) is 4.98 Å². The summed E-state index contributed by atoms with van der Waals surface area (Å²) in [5.74, 6) is 1.90. The van der Waals surface area contributed by atoms with Crippen LogP contribution >= 0.6 is 0 Å². The average Bonchev–Trinajstić information content (AvgIpc) is 2.59. The third-order valence-electron chi connectivity index (χ3n) is 4.83. The van der Waals surface area contributed by atoms with Crippen LogP contribution in [0.4, 0.5) is 11.8 Å². The maximum Gasteiger partial charge on any atom is 0.227 e. The second-order valence-corrected chi connectivity index (χ2v) is 9.11. The first-order chi connectivity index (χ1) is 11.8. The molecule has 2 aliphatic rings. The van der Waals surface area contributed by atoms with E-state index in [-0.39, 0.29) is 0 Å². The second-order valence-electron chi connectivity index (χ2n) is 7.13. The SMILES string of the molecule is CN(C)c1nc2c(c(NC[C@@H]3CCCN(S(C)(=O)=O)C3)n1)CCNC2. The van der Waals surface area contributed by atoms with Crippen LogP contribution in [0.1, 0.15) is 24.1 Å². The molecule has 0 radical (unpaired) electrons. The fourth-order valence-electron chi connectivity index (χ4n) is 3.43. The maximum absolute atomic E-state index is 11.8. The average molecular weight is 369 g/mol. The van der Waals surface area contributed by atoms with Crippen LogP contribution in [-0.2, 0) is 23.0 Å². The van der Waals surface area contributed by atoms with Crippen molar-refractivity contribution in [3.63, 3.8) is 0 Å². The van der Waals surface area contributed by atoms with E-state index < -0.39 is 10.0 Å². The topological polar surface area (TPSA) is 90.5 Å². The van der Waals surface area contributed by atoms with Crippen LogP contribution in [0.5, 0.6) is 0 Å². The van der Waals surface area contributed by atoms with Gasteiger partial charge in [0, 0.05) is 45.8 Å². The molecule has 1 atom stereocenters. The van der Waals surface area contributed by atoms with Crippen molar-refractivity contribution in [2.75, 3.05) is 56.7 Å². The fraction of sp³-hybridized carbons (Fsp3) is 0.750. The molecule has 0 saturated carbocycles. The van der Waals surface area contributed by atoms with E-state index in [1.54, 1.807) is 4.31 Å². The molecule has 0 bridgehead atoms. The lowest BCUT2D eigenvalue weighted by molar-refractivity contribution is 0.276. The lowest BCUT2D eigenvalue weighted by atomic mass is 9.99. The van der Waals surface area contributed by atoms with Crippen LogP contribution in [0.2, 0.25) is 0 Å². The van der Waals surface area contributed by atoms with Crippen LogP contribution in [-0.4, -0.2) is 69.2 Å². The molecule has 3 rings (SSSR count). The maximum atomic E-state index is 11.8. The summed E-state index contributed by atoms with van der Waals surface area (Å²) in [5, 5.41) is 6.83. The van der Waals surface area contributed by atoms with Gasteiger partial charge in [-0.1, -0.05) is 0 Å². The van der Waals surface area contributed by atoms with E-state index in [0.717, 1.165) is 50.4 Å². The first-order valence-corrected chi connectivity index (χ1v) is 10.7. The van der Waals surface area contributed by atoms with E-state index in [9.17, 15) is 8.42 Å². The van der Waals surface area contributed by atoms with Gasteiger partial charge in [0.1, 0.15) is 5.82 Å². The third-order valence-corrected chi connectivity index (χ3v) is 6.10. The van der Waals surface area contributed by atoms with Gasteiger partial charge in [-0.25, -0.2) is 17.7 Å². The van der Waals surface area contributed by atoms with Crippen LogP contribution in [0.3, 0.4) is 0 Å². The molecule has 1 saturated heterocycles. The lowest BCUT2D eigenvalue weighted by Crippen LogP contribution is -2.41. The Labute approximate surface area is 150 Å². The number of hydrogen-bond acceptors (Lipinski definition) is 7. The summed E-state index contributed by atoms with van der Waals surface area (Å²) in [6.07, 6.45) is 4.15. The van der Waals surface area contributed by atoms with Gasteiger partial charge >= 0.3 is 0 Å². The van der Waals surface area contributed by atoms with Crippen molar-refractivity contribution in [3.8, 4) is 0 Å². The highest BCUT2D eigenvalue weighted by atomic mass is 32.2.